The van der Waals surface area contributed by atoms with Crippen molar-refractivity contribution in [3.05, 3.63) is 64.7 Å². The standard InChI is InChI=1S/C24H30N4O4/c1-17-4-9-21(18(2)16-17)26-24(25-10-11-28-12-14-32-15-13-28)27-22(29)19-5-7-20(8-6-19)23(30)31-3/h4-9,16H,10-15H2,1-3H3,(H2,25,26,27,29). The molecule has 0 atom stereocenters. The Morgan fingerprint density at radius 2 is 1.75 bits per heavy atom. The van der Waals surface area contributed by atoms with Crippen LogP contribution in [0.2, 0.25) is 0 Å². The van der Waals surface area contributed by atoms with E-state index in [0.29, 0.717) is 23.6 Å². The second-order valence-corrected chi connectivity index (χ2v) is 7.65. The van der Waals surface area contributed by atoms with Crippen LogP contribution in [0, 0.1) is 13.8 Å². The summed E-state index contributed by atoms with van der Waals surface area (Å²) in [6.45, 7) is 8.59. The number of ether oxygens (including phenoxy) is 2. The average molecular weight is 439 g/mol. The summed E-state index contributed by atoms with van der Waals surface area (Å²) in [5.41, 5.74) is 3.90. The lowest BCUT2D eigenvalue weighted by Crippen LogP contribution is -2.39. The number of nitrogens with zero attached hydrogens (tertiary/aromatic N) is 2. The van der Waals surface area contributed by atoms with E-state index in [1.165, 1.54) is 7.11 Å². The number of methoxy groups -OCH3 is 1. The van der Waals surface area contributed by atoms with Gasteiger partial charge in [0.2, 0.25) is 5.96 Å². The van der Waals surface area contributed by atoms with Crippen molar-refractivity contribution in [2.45, 2.75) is 13.8 Å². The number of carbonyl (C=O) groups excluding carboxylic acids is 2. The van der Waals surface area contributed by atoms with Crippen molar-refractivity contribution in [2.24, 2.45) is 4.99 Å². The number of aliphatic imine (C=N–C) groups is 1. The summed E-state index contributed by atoms with van der Waals surface area (Å²) in [7, 11) is 1.32. The molecular weight excluding hydrogens is 408 g/mol. The fraction of sp³-hybridized carbons (Fsp3) is 0.375. The number of nitrogens with one attached hydrogen (secondary N) is 2. The molecule has 0 radical (unpaired) electrons. The Kier molecular flexibility index (Phi) is 8.35. The molecule has 3 rings (SSSR count). The lowest BCUT2D eigenvalue weighted by molar-refractivity contribution is 0.0394. The van der Waals surface area contributed by atoms with Gasteiger partial charge in [0.25, 0.3) is 5.91 Å². The first-order valence-corrected chi connectivity index (χ1v) is 10.6. The van der Waals surface area contributed by atoms with Crippen molar-refractivity contribution < 1.29 is 19.1 Å². The smallest absolute Gasteiger partial charge is 0.337 e. The molecule has 32 heavy (non-hydrogen) atoms. The lowest BCUT2D eigenvalue weighted by atomic mass is 10.1. The predicted molar refractivity (Wildman–Crippen MR) is 124 cm³/mol. The molecule has 1 heterocycles. The number of guanidine groups is 1. The van der Waals surface area contributed by atoms with Crippen LogP contribution in [0.15, 0.2) is 47.5 Å². The molecule has 1 aliphatic rings. The second kappa shape index (κ2) is 11.4. The van der Waals surface area contributed by atoms with Gasteiger partial charge >= 0.3 is 5.97 Å². The zero-order valence-electron chi connectivity index (χ0n) is 18.8. The molecule has 2 N–H and O–H groups in total. The molecule has 1 saturated heterocycles. The third kappa shape index (κ3) is 6.63. The molecule has 0 spiro atoms. The number of carbonyl (C=O) groups is 2. The summed E-state index contributed by atoms with van der Waals surface area (Å²) in [6.07, 6.45) is 0. The maximum absolute atomic E-state index is 12.8. The quantitative estimate of drug-likeness (QED) is 0.409. The maximum Gasteiger partial charge on any atom is 0.337 e. The van der Waals surface area contributed by atoms with Crippen molar-refractivity contribution in [2.75, 3.05) is 51.8 Å². The minimum absolute atomic E-state index is 0.316. The van der Waals surface area contributed by atoms with Crippen molar-refractivity contribution in [1.29, 1.82) is 0 Å². The van der Waals surface area contributed by atoms with E-state index in [4.69, 9.17) is 9.47 Å². The van der Waals surface area contributed by atoms with Crippen molar-refractivity contribution in [3.8, 4) is 0 Å². The minimum atomic E-state index is -0.446. The highest BCUT2D eigenvalue weighted by Gasteiger charge is 2.13. The zero-order chi connectivity index (χ0) is 22.9. The number of rotatable bonds is 6. The van der Waals surface area contributed by atoms with E-state index in [9.17, 15) is 9.59 Å². The van der Waals surface area contributed by atoms with E-state index in [1.54, 1.807) is 24.3 Å². The van der Waals surface area contributed by atoms with E-state index in [2.05, 4.69) is 26.6 Å². The van der Waals surface area contributed by atoms with Crippen molar-refractivity contribution in [1.82, 2.24) is 10.2 Å². The molecule has 2 aromatic carbocycles. The van der Waals surface area contributed by atoms with E-state index < -0.39 is 5.97 Å². The summed E-state index contributed by atoms with van der Waals surface area (Å²) in [5, 5.41) is 6.12. The molecule has 1 aliphatic heterocycles. The van der Waals surface area contributed by atoms with Gasteiger partial charge in [-0.05, 0) is 49.7 Å². The van der Waals surface area contributed by atoms with Crippen LogP contribution in [-0.2, 0) is 9.47 Å². The minimum Gasteiger partial charge on any atom is -0.465 e. The molecule has 0 bridgehead atoms. The highest BCUT2D eigenvalue weighted by Crippen LogP contribution is 2.16. The van der Waals surface area contributed by atoms with Crippen LogP contribution >= 0.6 is 0 Å². The Morgan fingerprint density at radius 3 is 2.41 bits per heavy atom. The van der Waals surface area contributed by atoms with Crippen LogP contribution < -0.4 is 10.6 Å². The predicted octanol–water partition coefficient (Wildman–Crippen LogP) is 2.62. The third-order valence-corrected chi connectivity index (χ3v) is 5.22. The Hall–Kier alpha value is -3.23. The van der Waals surface area contributed by atoms with Gasteiger partial charge in [0, 0.05) is 30.9 Å². The topological polar surface area (TPSA) is 92.3 Å². The molecule has 1 amide bonds. The first-order valence-electron chi connectivity index (χ1n) is 10.6. The number of anilines is 1. The number of benzene rings is 2. The largest absolute Gasteiger partial charge is 0.465 e. The number of hydrogen-bond donors (Lipinski definition) is 2. The van der Waals surface area contributed by atoms with Crippen molar-refractivity contribution >= 4 is 23.5 Å². The van der Waals surface area contributed by atoms with E-state index in [0.717, 1.165) is 49.7 Å². The molecule has 0 unspecified atom stereocenters. The molecule has 0 aliphatic carbocycles. The normalized spacial score (nSPS) is 14.7. The zero-order valence-corrected chi connectivity index (χ0v) is 18.8. The maximum atomic E-state index is 12.8. The second-order valence-electron chi connectivity index (χ2n) is 7.65. The molecule has 0 aromatic heterocycles. The Balaban J connectivity index is 1.72. The first-order chi connectivity index (χ1) is 15.5. The van der Waals surface area contributed by atoms with E-state index in [-0.39, 0.29) is 5.91 Å². The van der Waals surface area contributed by atoms with Crippen LogP contribution in [0.4, 0.5) is 5.69 Å². The Bertz CT molecular complexity index is 966. The number of morpholine rings is 1. The van der Waals surface area contributed by atoms with Gasteiger partial charge in [0.15, 0.2) is 0 Å². The van der Waals surface area contributed by atoms with Gasteiger partial charge in [0.05, 0.1) is 32.4 Å². The Labute approximate surface area is 188 Å². The molecule has 170 valence electrons. The summed E-state index contributed by atoms with van der Waals surface area (Å²) in [5.74, 6) is -0.380. The van der Waals surface area contributed by atoms with Gasteiger partial charge in [-0.25, -0.2) is 4.79 Å². The molecule has 8 heteroatoms. The first kappa shape index (κ1) is 23.4. The van der Waals surface area contributed by atoms with Gasteiger partial charge in [-0.1, -0.05) is 17.7 Å². The number of amides is 1. The van der Waals surface area contributed by atoms with E-state index >= 15 is 0 Å². The third-order valence-electron chi connectivity index (χ3n) is 5.22. The van der Waals surface area contributed by atoms with Gasteiger partial charge in [-0.3, -0.25) is 20.0 Å². The van der Waals surface area contributed by atoms with Crippen molar-refractivity contribution in [3.63, 3.8) is 0 Å². The van der Waals surface area contributed by atoms with Crippen LogP contribution in [0.25, 0.3) is 0 Å². The van der Waals surface area contributed by atoms with Crippen LogP contribution in [0.3, 0.4) is 0 Å². The molecule has 0 saturated carbocycles. The van der Waals surface area contributed by atoms with Crippen LogP contribution in [0.5, 0.6) is 0 Å². The number of hydrogen-bond acceptors (Lipinski definition) is 6. The van der Waals surface area contributed by atoms with Gasteiger partial charge < -0.3 is 14.8 Å². The van der Waals surface area contributed by atoms with Gasteiger partial charge in [-0.15, -0.1) is 0 Å². The SMILES string of the molecule is COC(=O)c1ccc(C(=O)NC(=NCCN2CCOCC2)Nc2ccc(C)cc2C)cc1. The summed E-state index contributed by atoms with van der Waals surface area (Å²) >= 11 is 0. The van der Waals surface area contributed by atoms with Crippen LogP contribution in [-0.4, -0.2) is 69.2 Å². The fourth-order valence-electron chi connectivity index (χ4n) is 3.37. The highest BCUT2D eigenvalue weighted by atomic mass is 16.5. The Morgan fingerprint density at radius 1 is 1.06 bits per heavy atom. The molecule has 2 aromatic rings. The average Bonchev–Trinajstić information content (AvgIpc) is 2.81. The molecule has 8 nitrogen and oxygen atoms in total. The number of aryl methyl sites for hydroxylation is 2. The van der Waals surface area contributed by atoms with Crippen LogP contribution in [0.1, 0.15) is 31.8 Å². The monoisotopic (exact) mass is 438 g/mol. The summed E-state index contributed by atoms with van der Waals surface area (Å²) < 4.78 is 10.1. The van der Waals surface area contributed by atoms with Gasteiger partial charge in [0.1, 0.15) is 0 Å². The fourth-order valence-corrected chi connectivity index (χ4v) is 3.37. The molecular formula is C24H30N4O4. The highest BCUT2D eigenvalue weighted by molar-refractivity contribution is 6.10. The summed E-state index contributed by atoms with van der Waals surface area (Å²) in [6, 6.07) is 12.4. The van der Waals surface area contributed by atoms with E-state index in [1.807, 2.05) is 26.0 Å². The number of esters is 1. The molecule has 1 fully saturated rings. The lowest BCUT2D eigenvalue weighted by Gasteiger charge is -2.25. The van der Waals surface area contributed by atoms with Gasteiger partial charge in [-0.2, -0.15) is 0 Å². The summed E-state index contributed by atoms with van der Waals surface area (Å²) in [4.78, 5) is 31.3.